The Morgan fingerprint density at radius 3 is 2.50 bits per heavy atom. The van der Waals surface area contributed by atoms with Gasteiger partial charge in [0, 0.05) is 10.8 Å². The Hall–Kier alpha value is -3.28. The zero-order valence-electron chi connectivity index (χ0n) is 21.8. The second-order valence-electron chi connectivity index (χ2n) is 10.2. The monoisotopic (exact) mass is 542 g/mol. The normalized spacial score (nSPS) is 17.2. The number of carbonyl (C=O) groups excluding carboxylic acids is 3. The number of fused-ring (bicyclic) bond motifs is 3. The molecule has 38 heavy (non-hydrogen) atoms. The molecule has 0 radical (unpaired) electrons. The van der Waals surface area contributed by atoms with Gasteiger partial charge in [-0.3, -0.25) is 19.3 Å². The molecule has 204 valence electrons. The number of para-hydroxylation sites is 1. The Labute approximate surface area is 222 Å². The molecule has 0 spiro atoms. The van der Waals surface area contributed by atoms with Crippen molar-refractivity contribution in [1.29, 1.82) is 0 Å². The van der Waals surface area contributed by atoms with Crippen molar-refractivity contribution in [2.45, 2.75) is 50.1 Å². The maximum Gasteiger partial charge on any atom is 0.242 e. The van der Waals surface area contributed by atoms with Gasteiger partial charge in [0.25, 0.3) is 0 Å². The number of hydrogen-bond donors (Lipinski definition) is 3. The quantitative estimate of drug-likeness (QED) is 0.338. The van der Waals surface area contributed by atoms with Crippen molar-refractivity contribution in [3.63, 3.8) is 0 Å². The van der Waals surface area contributed by atoms with Crippen molar-refractivity contribution < 1.29 is 27.2 Å². The number of benzene rings is 2. The van der Waals surface area contributed by atoms with E-state index in [9.17, 15) is 22.8 Å². The number of carbonyl (C=O) groups is 3. The van der Waals surface area contributed by atoms with E-state index in [0.29, 0.717) is 23.0 Å². The van der Waals surface area contributed by atoms with E-state index < -0.39 is 34.3 Å². The summed E-state index contributed by atoms with van der Waals surface area (Å²) in [5.41, 5.74) is 1.21. The molecule has 10 nitrogen and oxygen atoms in total. The molecule has 0 unspecified atom stereocenters. The van der Waals surface area contributed by atoms with E-state index in [2.05, 4.69) is 15.4 Å². The van der Waals surface area contributed by atoms with Crippen molar-refractivity contribution in [2.24, 2.45) is 5.92 Å². The molecular weight excluding hydrogens is 508 g/mol. The largest absolute Gasteiger partial charge is 0.456 e. The summed E-state index contributed by atoms with van der Waals surface area (Å²) in [7, 11) is -2.10. The third-order valence-electron chi connectivity index (χ3n) is 6.74. The molecular formula is C27H34N4O6S. The molecule has 2 amide bonds. The van der Waals surface area contributed by atoms with Crippen LogP contribution in [0.1, 0.15) is 33.1 Å². The van der Waals surface area contributed by atoms with Gasteiger partial charge in [-0.2, -0.15) is 0 Å². The van der Waals surface area contributed by atoms with E-state index in [-0.39, 0.29) is 29.3 Å². The lowest BCUT2D eigenvalue weighted by Gasteiger charge is -2.24. The number of likely N-dealkylation sites (tertiary alicyclic amines) is 1. The van der Waals surface area contributed by atoms with Crippen LogP contribution in [0.15, 0.2) is 51.8 Å². The minimum absolute atomic E-state index is 0.00461. The first-order valence-corrected chi connectivity index (χ1v) is 14.2. The third-order valence-corrected chi connectivity index (χ3v) is 8.14. The SMILES string of the molecule is CC(C)C[C@H](NC(=O)[C@@H]1CCCN1C)C(=O)NCC(=O)CNS(=O)(=O)c1ccc2oc3ccccc3c2c1. The molecule has 4 rings (SSSR count). The maximum atomic E-state index is 12.8. The molecule has 2 heterocycles. The van der Waals surface area contributed by atoms with Crippen LogP contribution in [0.4, 0.5) is 0 Å². The average molecular weight is 543 g/mol. The number of hydrogen-bond acceptors (Lipinski definition) is 7. The lowest BCUT2D eigenvalue weighted by atomic mass is 10.0. The number of amides is 2. The first-order chi connectivity index (χ1) is 18.0. The Kier molecular flexibility index (Phi) is 8.49. The molecule has 2 atom stereocenters. The van der Waals surface area contributed by atoms with Crippen molar-refractivity contribution in [3.05, 3.63) is 42.5 Å². The number of rotatable bonds is 11. The number of nitrogens with one attached hydrogen (secondary N) is 3. The van der Waals surface area contributed by atoms with Gasteiger partial charge in [0.05, 0.1) is 24.0 Å². The lowest BCUT2D eigenvalue weighted by molar-refractivity contribution is -0.132. The molecule has 1 fully saturated rings. The van der Waals surface area contributed by atoms with Crippen LogP contribution in [0, 0.1) is 5.92 Å². The van der Waals surface area contributed by atoms with E-state index in [0.717, 1.165) is 24.8 Å². The van der Waals surface area contributed by atoms with E-state index in [1.54, 1.807) is 12.1 Å². The molecule has 11 heteroatoms. The highest BCUT2D eigenvalue weighted by atomic mass is 32.2. The smallest absolute Gasteiger partial charge is 0.242 e. The van der Waals surface area contributed by atoms with Crippen LogP contribution in [-0.4, -0.2) is 69.7 Å². The second kappa shape index (κ2) is 11.6. The number of likely N-dealkylation sites (N-methyl/N-ethyl adjacent to an activating group) is 1. The van der Waals surface area contributed by atoms with Crippen LogP contribution in [-0.2, 0) is 24.4 Å². The molecule has 2 aromatic carbocycles. The molecule has 0 saturated carbocycles. The molecule has 0 aliphatic carbocycles. The van der Waals surface area contributed by atoms with E-state index in [4.69, 9.17) is 4.42 Å². The second-order valence-corrected chi connectivity index (χ2v) is 11.9. The lowest BCUT2D eigenvalue weighted by Crippen LogP contribution is -2.53. The highest BCUT2D eigenvalue weighted by molar-refractivity contribution is 7.89. The number of sulfonamides is 1. The molecule has 3 N–H and O–H groups in total. The first-order valence-electron chi connectivity index (χ1n) is 12.8. The van der Waals surface area contributed by atoms with E-state index >= 15 is 0 Å². The predicted octanol–water partition coefficient (Wildman–Crippen LogP) is 2.17. The van der Waals surface area contributed by atoms with Crippen LogP contribution < -0.4 is 15.4 Å². The Balaban J connectivity index is 1.33. The van der Waals surface area contributed by atoms with Gasteiger partial charge < -0.3 is 15.1 Å². The van der Waals surface area contributed by atoms with Crippen LogP contribution >= 0.6 is 0 Å². The van der Waals surface area contributed by atoms with Gasteiger partial charge in [-0.15, -0.1) is 0 Å². The first kappa shape index (κ1) is 27.7. The maximum absolute atomic E-state index is 12.8. The summed E-state index contributed by atoms with van der Waals surface area (Å²) in [6.07, 6.45) is 2.08. The topological polar surface area (TPSA) is 138 Å². The molecule has 1 aromatic heterocycles. The number of nitrogens with zero attached hydrogens (tertiary/aromatic N) is 1. The van der Waals surface area contributed by atoms with Gasteiger partial charge in [0.1, 0.15) is 17.2 Å². The minimum atomic E-state index is -3.98. The van der Waals surface area contributed by atoms with Crippen molar-refractivity contribution >= 4 is 49.6 Å². The van der Waals surface area contributed by atoms with E-state index in [1.807, 2.05) is 44.0 Å². The summed E-state index contributed by atoms with van der Waals surface area (Å²) >= 11 is 0. The fourth-order valence-electron chi connectivity index (χ4n) is 4.71. The fourth-order valence-corrected chi connectivity index (χ4v) is 5.75. The van der Waals surface area contributed by atoms with Gasteiger partial charge in [-0.25, -0.2) is 13.1 Å². The Morgan fingerprint density at radius 2 is 1.79 bits per heavy atom. The standard InChI is InChI=1S/C27H34N4O6S/c1-17(2)13-22(30-27(34)23-8-6-12-31(23)3)26(33)28-15-18(32)16-29-38(35,36)19-10-11-25-21(14-19)20-7-4-5-9-24(20)37-25/h4-5,7,9-11,14,17,22-23,29H,6,8,12-13,15-16H2,1-3H3,(H,28,33)(H,30,34)/t22-,23-/m0/s1. The van der Waals surface area contributed by atoms with Gasteiger partial charge in [-0.1, -0.05) is 32.0 Å². The van der Waals surface area contributed by atoms with Crippen LogP contribution in [0.3, 0.4) is 0 Å². The van der Waals surface area contributed by atoms with Crippen LogP contribution in [0.25, 0.3) is 21.9 Å². The summed E-state index contributed by atoms with van der Waals surface area (Å²) in [6, 6.07) is 10.8. The zero-order chi connectivity index (χ0) is 27.4. The summed E-state index contributed by atoms with van der Waals surface area (Å²) in [5.74, 6) is -1.05. The molecule has 0 bridgehead atoms. The van der Waals surface area contributed by atoms with Crippen LogP contribution in [0.2, 0.25) is 0 Å². The average Bonchev–Trinajstić information content (AvgIpc) is 3.48. The fraction of sp³-hybridized carbons (Fsp3) is 0.444. The van der Waals surface area contributed by atoms with Gasteiger partial charge in [0.2, 0.25) is 21.8 Å². The third kappa shape index (κ3) is 6.40. The number of ketones is 1. The zero-order valence-corrected chi connectivity index (χ0v) is 22.6. The van der Waals surface area contributed by atoms with Crippen molar-refractivity contribution in [1.82, 2.24) is 20.3 Å². The van der Waals surface area contributed by atoms with Gasteiger partial charge in [-0.05, 0) is 63.0 Å². The van der Waals surface area contributed by atoms with E-state index in [1.165, 1.54) is 12.1 Å². The van der Waals surface area contributed by atoms with Gasteiger partial charge in [0.15, 0.2) is 5.78 Å². The highest BCUT2D eigenvalue weighted by Gasteiger charge is 2.31. The molecule has 1 aliphatic heterocycles. The summed E-state index contributed by atoms with van der Waals surface area (Å²) < 4.78 is 33.7. The minimum Gasteiger partial charge on any atom is -0.456 e. The Bertz CT molecular complexity index is 1450. The van der Waals surface area contributed by atoms with Crippen molar-refractivity contribution in [2.75, 3.05) is 26.7 Å². The van der Waals surface area contributed by atoms with Crippen molar-refractivity contribution in [3.8, 4) is 0 Å². The molecule has 3 aromatic rings. The summed E-state index contributed by atoms with van der Waals surface area (Å²) in [4.78, 5) is 39.9. The number of furan rings is 1. The highest BCUT2D eigenvalue weighted by Crippen LogP contribution is 2.30. The van der Waals surface area contributed by atoms with Crippen LogP contribution in [0.5, 0.6) is 0 Å². The molecule has 1 aliphatic rings. The summed E-state index contributed by atoms with van der Waals surface area (Å²) in [6.45, 7) is 3.87. The molecule has 1 saturated heterocycles. The predicted molar refractivity (Wildman–Crippen MR) is 144 cm³/mol. The Morgan fingerprint density at radius 1 is 1.05 bits per heavy atom. The van der Waals surface area contributed by atoms with Gasteiger partial charge >= 0.3 is 0 Å². The number of Topliss-reactive ketones (excluding diaryl/α,β-unsaturated/α-hetero) is 1. The summed E-state index contributed by atoms with van der Waals surface area (Å²) in [5, 5.41) is 6.82.